The first-order valence-corrected chi connectivity index (χ1v) is 7.09. The van der Waals surface area contributed by atoms with Gasteiger partial charge in [0, 0.05) is 11.6 Å². The lowest BCUT2D eigenvalue weighted by Crippen LogP contribution is -2.04. The van der Waals surface area contributed by atoms with Crippen LogP contribution in [0.25, 0.3) is 22.6 Å². The molecule has 21 heavy (non-hydrogen) atoms. The summed E-state index contributed by atoms with van der Waals surface area (Å²) in [5.74, 6) is 1.41. The minimum atomic E-state index is 0.592. The molecule has 3 N–H and O–H groups in total. The first kappa shape index (κ1) is 13.6. The number of hydrogen-bond donors (Lipinski definition) is 2. The Kier molecular flexibility index (Phi) is 3.83. The Morgan fingerprint density at radius 2 is 2.00 bits per heavy atom. The Labute approximate surface area is 123 Å². The van der Waals surface area contributed by atoms with E-state index in [9.17, 15) is 0 Å². The van der Waals surface area contributed by atoms with Gasteiger partial charge >= 0.3 is 0 Å². The third-order valence-electron chi connectivity index (χ3n) is 3.30. The van der Waals surface area contributed by atoms with Gasteiger partial charge in [0.1, 0.15) is 5.82 Å². The van der Waals surface area contributed by atoms with E-state index in [1.807, 2.05) is 37.3 Å². The lowest BCUT2D eigenvalue weighted by Gasteiger charge is -2.05. The third-order valence-corrected chi connectivity index (χ3v) is 3.30. The van der Waals surface area contributed by atoms with Crippen LogP contribution in [0.15, 0.2) is 36.4 Å². The van der Waals surface area contributed by atoms with E-state index < -0.39 is 0 Å². The van der Waals surface area contributed by atoms with E-state index in [0.717, 1.165) is 23.3 Å². The lowest BCUT2D eigenvalue weighted by molar-refractivity contribution is 0.328. The number of nitrogens with two attached hydrogens (primary N) is 1. The molecule has 3 rings (SSSR count). The van der Waals surface area contributed by atoms with E-state index in [4.69, 9.17) is 10.5 Å². The van der Waals surface area contributed by atoms with E-state index in [0.29, 0.717) is 24.7 Å². The van der Waals surface area contributed by atoms with Crippen LogP contribution < -0.4 is 10.5 Å². The van der Waals surface area contributed by atoms with Crippen LogP contribution in [0.2, 0.25) is 0 Å². The smallest absolute Gasteiger partial charge is 0.215 e. The maximum absolute atomic E-state index is 5.68. The summed E-state index contributed by atoms with van der Waals surface area (Å²) in [6.07, 6.45) is 0.824. The number of H-pyrrole nitrogens is 1. The first-order valence-electron chi connectivity index (χ1n) is 7.09. The summed E-state index contributed by atoms with van der Waals surface area (Å²) in [7, 11) is 0. The van der Waals surface area contributed by atoms with Crippen LogP contribution in [-0.2, 0) is 6.42 Å². The minimum Gasteiger partial charge on any atom is -0.478 e. The Balaban J connectivity index is 2.05. The van der Waals surface area contributed by atoms with Crippen LogP contribution in [0.4, 0.5) is 0 Å². The summed E-state index contributed by atoms with van der Waals surface area (Å²) in [5.41, 5.74) is 9.49. The first-order chi connectivity index (χ1) is 10.3. The Hall–Kier alpha value is -2.40. The van der Waals surface area contributed by atoms with Gasteiger partial charge in [-0.2, -0.15) is 4.98 Å². The molecule has 0 saturated heterocycles. The summed E-state index contributed by atoms with van der Waals surface area (Å²) in [6, 6.07) is 11.9. The number of imidazole rings is 1. The summed E-state index contributed by atoms with van der Waals surface area (Å²) >= 11 is 0. The average Bonchev–Trinajstić information content (AvgIpc) is 2.91. The van der Waals surface area contributed by atoms with Gasteiger partial charge in [0.05, 0.1) is 12.1 Å². The molecule has 0 atom stereocenters. The van der Waals surface area contributed by atoms with Crippen molar-refractivity contribution < 1.29 is 4.74 Å². The molecule has 0 amide bonds. The van der Waals surface area contributed by atoms with Crippen molar-refractivity contribution in [1.29, 1.82) is 0 Å². The highest BCUT2D eigenvalue weighted by Crippen LogP contribution is 2.24. The number of rotatable bonds is 5. The summed E-state index contributed by atoms with van der Waals surface area (Å²) in [4.78, 5) is 12.3. The molecule has 5 nitrogen and oxygen atoms in total. The van der Waals surface area contributed by atoms with Gasteiger partial charge in [0.25, 0.3) is 0 Å². The largest absolute Gasteiger partial charge is 0.478 e. The Bertz CT molecular complexity index is 751. The van der Waals surface area contributed by atoms with Crippen LogP contribution in [0, 0.1) is 0 Å². The van der Waals surface area contributed by atoms with E-state index in [-0.39, 0.29) is 0 Å². The highest BCUT2D eigenvalue weighted by atomic mass is 16.5. The summed E-state index contributed by atoms with van der Waals surface area (Å²) in [5, 5.41) is 0. The van der Waals surface area contributed by atoms with E-state index in [1.54, 1.807) is 0 Å². The number of fused-ring (bicyclic) bond motifs is 1. The number of pyridine rings is 1. The monoisotopic (exact) mass is 282 g/mol. The van der Waals surface area contributed by atoms with Crippen LogP contribution in [0.5, 0.6) is 5.88 Å². The van der Waals surface area contributed by atoms with E-state index in [1.165, 1.54) is 5.56 Å². The topological polar surface area (TPSA) is 76.8 Å². The number of benzene rings is 1. The van der Waals surface area contributed by atoms with E-state index >= 15 is 0 Å². The molecule has 0 bridgehead atoms. The van der Waals surface area contributed by atoms with Crippen molar-refractivity contribution in [3.8, 4) is 17.3 Å². The zero-order chi connectivity index (χ0) is 14.7. The Morgan fingerprint density at radius 1 is 1.14 bits per heavy atom. The fraction of sp³-hybridized carbons (Fsp3) is 0.250. The molecule has 0 aliphatic rings. The summed E-state index contributed by atoms with van der Waals surface area (Å²) < 4.78 is 5.41. The number of hydrogen-bond acceptors (Lipinski definition) is 4. The molecular weight excluding hydrogens is 264 g/mol. The molecule has 2 aromatic heterocycles. The standard InChI is InChI=1S/C16H18N4O/c1-2-21-14-8-7-13-16(19-14)20-15(18-13)12-6-4-3-5-11(12)9-10-17/h3-8H,2,9-10,17H2,1H3,(H,18,19,20). The number of nitrogens with one attached hydrogen (secondary N) is 1. The number of ether oxygens (including phenoxy) is 1. The fourth-order valence-corrected chi connectivity index (χ4v) is 2.36. The maximum atomic E-state index is 5.68. The summed E-state index contributed by atoms with van der Waals surface area (Å²) in [6.45, 7) is 3.14. The molecule has 5 heteroatoms. The second kappa shape index (κ2) is 5.93. The zero-order valence-corrected chi connectivity index (χ0v) is 12.0. The molecule has 0 saturated carbocycles. The highest BCUT2D eigenvalue weighted by Gasteiger charge is 2.10. The van der Waals surface area contributed by atoms with Gasteiger partial charge in [0.15, 0.2) is 5.65 Å². The second-order valence-electron chi connectivity index (χ2n) is 4.73. The quantitative estimate of drug-likeness (QED) is 0.754. The molecule has 0 aliphatic carbocycles. The third kappa shape index (κ3) is 2.73. The van der Waals surface area contributed by atoms with Crippen molar-refractivity contribution in [3.05, 3.63) is 42.0 Å². The normalized spacial score (nSPS) is 11.0. The van der Waals surface area contributed by atoms with Crippen LogP contribution >= 0.6 is 0 Å². The fourth-order valence-electron chi connectivity index (χ4n) is 2.36. The molecule has 2 heterocycles. The van der Waals surface area contributed by atoms with Gasteiger partial charge < -0.3 is 15.5 Å². The van der Waals surface area contributed by atoms with Gasteiger partial charge in [-0.1, -0.05) is 24.3 Å². The van der Waals surface area contributed by atoms with Crippen molar-refractivity contribution >= 4 is 11.2 Å². The van der Waals surface area contributed by atoms with Crippen molar-refractivity contribution in [2.24, 2.45) is 5.73 Å². The lowest BCUT2D eigenvalue weighted by atomic mass is 10.0. The molecule has 108 valence electrons. The van der Waals surface area contributed by atoms with Gasteiger partial charge in [-0.15, -0.1) is 0 Å². The van der Waals surface area contributed by atoms with Gasteiger partial charge in [0.2, 0.25) is 5.88 Å². The van der Waals surface area contributed by atoms with Crippen molar-refractivity contribution in [2.75, 3.05) is 13.2 Å². The number of aromatic amines is 1. The van der Waals surface area contributed by atoms with Gasteiger partial charge in [-0.05, 0) is 31.5 Å². The molecule has 0 unspecified atom stereocenters. The van der Waals surface area contributed by atoms with Crippen LogP contribution in [0.1, 0.15) is 12.5 Å². The van der Waals surface area contributed by atoms with Crippen molar-refractivity contribution in [3.63, 3.8) is 0 Å². The molecule has 3 aromatic rings. The maximum Gasteiger partial charge on any atom is 0.215 e. The van der Waals surface area contributed by atoms with Crippen molar-refractivity contribution in [2.45, 2.75) is 13.3 Å². The molecule has 1 aromatic carbocycles. The molecule has 0 fully saturated rings. The van der Waals surface area contributed by atoms with Crippen LogP contribution in [-0.4, -0.2) is 28.1 Å². The molecular formula is C16H18N4O. The van der Waals surface area contributed by atoms with Gasteiger partial charge in [-0.25, -0.2) is 4.98 Å². The average molecular weight is 282 g/mol. The minimum absolute atomic E-state index is 0.592. The van der Waals surface area contributed by atoms with Gasteiger partial charge in [-0.3, -0.25) is 0 Å². The Morgan fingerprint density at radius 3 is 2.81 bits per heavy atom. The predicted octanol–water partition coefficient (Wildman–Crippen LogP) is 2.52. The van der Waals surface area contributed by atoms with E-state index in [2.05, 4.69) is 21.0 Å². The molecule has 0 aliphatic heterocycles. The zero-order valence-electron chi connectivity index (χ0n) is 12.0. The predicted molar refractivity (Wildman–Crippen MR) is 83.3 cm³/mol. The highest BCUT2D eigenvalue weighted by molar-refractivity contribution is 5.77. The second-order valence-corrected chi connectivity index (χ2v) is 4.73. The molecule has 0 radical (unpaired) electrons. The molecule has 0 spiro atoms. The number of nitrogens with zero attached hydrogens (tertiary/aromatic N) is 2. The number of aromatic nitrogens is 3. The van der Waals surface area contributed by atoms with Crippen LogP contribution in [0.3, 0.4) is 0 Å². The van der Waals surface area contributed by atoms with Crippen molar-refractivity contribution in [1.82, 2.24) is 15.0 Å². The SMILES string of the molecule is CCOc1ccc2[nH]c(-c3ccccc3CCN)nc2n1.